The average molecular weight is 281 g/mol. The molecule has 0 spiro atoms. The second kappa shape index (κ2) is 5.31. The van der Waals surface area contributed by atoms with Crippen molar-refractivity contribution >= 4 is 12.4 Å². The van der Waals surface area contributed by atoms with Crippen molar-refractivity contribution in [3.05, 3.63) is 29.3 Å². The maximum absolute atomic E-state index is 5.56. The highest BCUT2D eigenvalue weighted by Gasteiger charge is 2.35. The van der Waals surface area contributed by atoms with Crippen LogP contribution >= 0.6 is 12.4 Å². The van der Waals surface area contributed by atoms with Gasteiger partial charge in [0.25, 0.3) is 0 Å². The van der Waals surface area contributed by atoms with Gasteiger partial charge in [0.05, 0.1) is 6.61 Å². The standard InChI is InChI=1S/C15H20N2O.ClH/c1-2-15-12(3-4-18-15)5-11(1)8-17-9-13-6-16-7-14(13)10-17;/h1-2,5,13-14,16H,3-4,6-10H2;1H/t13-,14+;. The molecular weight excluding hydrogens is 260 g/mol. The van der Waals surface area contributed by atoms with Crippen LogP contribution in [0.4, 0.5) is 0 Å². The molecule has 4 rings (SSSR count). The van der Waals surface area contributed by atoms with Crippen molar-refractivity contribution in [1.82, 2.24) is 10.2 Å². The minimum atomic E-state index is 0. The number of benzene rings is 1. The van der Waals surface area contributed by atoms with Gasteiger partial charge >= 0.3 is 0 Å². The molecule has 1 aromatic carbocycles. The van der Waals surface area contributed by atoms with Gasteiger partial charge in [-0.1, -0.05) is 12.1 Å². The van der Waals surface area contributed by atoms with Gasteiger partial charge in [-0.15, -0.1) is 12.4 Å². The zero-order valence-corrected chi connectivity index (χ0v) is 11.9. The summed E-state index contributed by atoms with van der Waals surface area (Å²) in [6, 6.07) is 6.72. The summed E-state index contributed by atoms with van der Waals surface area (Å²) >= 11 is 0. The van der Waals surface area contributed by atoms with E-state index in [0.29, 0.717) is 0 Å². The molecule has 0 aliphatic carbocycles. The molecule has 0 bridgehead atoms. The fraction of sp³-hybridized carbons (Fsp3) is 0.600. The van der Waals surface area contributed by atoms with Gasteiger partial charge in [0.15, 0.2) is 0 Å². The second-order valence-corrected chi connectivity index (χ2v) is 5.91. The van der Waals surface area contributed by atoms with Gasteiger partial charge in [0.1, 0.15) is 5.75 Å². The molecule has 0 radical (unpaired) electrons. The number of nitrogens with zero attached hydrogens (tertiary/aromatic N) is 1. The summed E-state index contributed by atoms with van der Waals surface area (Å²) in [5.74, 6) is 2.88. The van der Waals surface area contributed by atoms with E-state index in [1.54, 1.807) is 0 Å². The molecule has 19 heavy (non-hydrogen) atoms. The molecule has 2 saturated heterocycles. The molecular formula is C15H21ClN2O. The van der Waals surface area contributed by atoms with Crippen LogP contribution < -0.4 is 10.1 Å². The largest absolute Gasteiger partial charge is 0.493 e. The van der Waals surface area contributed by atoms with Crippen LogP contribution in [-0.4, -0.2) is 37.7 Å². The lowest BCUT2D eigenvalue weighted by molar-refractivity contribution is 0.305. The minimum absolute atomic E-state index is 0. The quantitative estimate of drug-likeness (QED) is 0.892. The third kappa shape index (κ3) is 2.47. The van der Waals surface area contributed by atoms with Crippen LogP contribution in [0.1, 0.15) is 11.1 Å². The Balaban J connectivity index is 0.00000110. The van der Waals surface area contributed by atoms with Crippen LogP contribution in [0.3, 0.4) is 0 Å². The van der Waals surface area contributed by atoms with Crippen LogP contribution in [0.25, 0.3) is 0 Å². The lowest BCUT2D eigenvalue weighted by atomic mass is 10.0. The van der Waals surface area contributed by atoms with Crippen molar-refractivity contribution in [1.29, 1.82) is 0 Å². The maximum Gasteiger partial charge on any atom is 0.122 e. The molecule has 1 N–H and O–H groups in total. The molecule has 4 heteroatoms. The Morgan fingerprint density at radius 3 is 2.79 bits per heavy atom. The molecule has 2 fully saturated rings. The number of hydrogen-bond donors (Lipinski definition) is 1. The Morgan fingerprint density at radius 1 is 1.21 bits per heavy atom. The van der Waals surface area contributed by atoms with E-state index in [-0.39, 0.29) is 12.4 Å². The average Bonchev–Trinajstić information content (AvgIpc) is 3.02. The number of nitrogens with one attached hydrogen (secondary N) is 1. The van der Waals surface area contributed by atoms with E-state index >= 15 is 0 Å². The summed E-state index contributed by atoms with van der Waals surface area (Å²) in [4.78, 5) is 2.62. The number of rotatable bonds is 2. The lowest BCUT2D eigenvalue weighted by Gasteiger charge is -2.17. The highest BCUT2D eigenvalue weighted by molar-refractivity contribution is 5.85. The molecule has 2 atom stereocenters. The van der Waals surface area contributed by atoms with Gasteiger partial charge in [-0.3, -0.25) is 4.90 Å². The Labute approximate surface area is 120 Å². The van der Waals surface area contributed by atoms with Crippen molar-refractivity contribution < 1.29 is 4.74 Å². The van der Waals surface area contributed by atoms with Gasteiger partial charge < -0.3 is 10.1 Å². The predicted octanol–water partition coefficient (Wildman–Crippen LogP) is 1.69. The van der Waals surface area contributed by atoms with E-state index in [2.05, 4.69) is 28.4 Å². The van der Waals surface area contributed by atoms with E-state index in [9.17, 15) is 0 Å². The maximum atomic E-state index is 5.56. The summed E-state index contributed by atoms with van der Waals surface area (Å²) in [5, 5.41) is 3.50. The van der Waals surface area contributed by atoms with Crippen LogP contribution in [0.2, 0.25) is 0 Å². The van der Waals surface area contributed by atoms with Gasteiger partial charge in [-0.05, 0) is 42.1 Å². The van der Waals surface area contributed by atoms with E-state index in [1.807, 2.05) is 0 Å². The smallest absolute Gasteiger partial charge is 0.122 e. The molecule has 104 valence electrons. The molecule has 0 saturated carbocycles. The molecule has 1 aromatic rings. The van der Waals surface area contributed by atoms with Crippen molar-refractivity contribution in [2.24, 2.45) is 11.8 Å². The Hall–Kier alpha value is -0.770. The fourth-order valence-corrected chi connectivity index (χ4v) is 3.68. The predicted molar refractivity (Wildman–Crippen MR) is 78.0 cm³/mol. The van der Waals surface area contributed by atoms with E-state index in [0.717, 1.165) is 37.2 Å². The summed E-state index contributed by atoms with van der Waals surface area (Å²) in [6.07, 6.45) is 1.08. The number of hydrogen-bond acceptors (Lipinski definition) is 3. The summed E-state index contributed by atoms with van der Waals surface area (Å²) in [5.41, 5.74) is 2.85. The van der Waals surface area contributed by atoms with Gasteiger partial charge in [0, 0.05) is 26.1 Å². The lowest BCUT2D eigenvalue weighted by Crippen LogP contribution is -2.25. The topological polar surface area (TPSA) is 24.5 Å². The Morgan fingerprint density at radius 2 is 2.00 bits per heavy atom. The minimum Gasteiger partial charge on any atom is -0.493 e. The van der Waals surface area contributed by atoms with E-state index in [4.69, 9.17) is 4.74 Å². The first kappa shape index (κ1) is 13.2. The van der Waals surface area contributed by atoms with Crippen molar-refractivity contribution in [2.75, 3.05) is 32.8 Å². The van der Waals surface area contributed by atoms with E-state index < -0.39 is 0 Å². The highest BCUT2D eigenvalue weighted by atomic mass is 35.5. The van der Waals surface area contributed by atoms with Crippen LogP contribution in [-0.2, 0) is 13.0 Å². The molecule has 3 aliphatic heterocycles. The summed E-state index contributed by atoms with van der Waals surface area (Å²) in [7, 11) is 0. The zero-order valence-electron chi connectivity index (χ0n) is 11.1. The number of likely N-dealkylation sites (tertiary alicyclic amines) is 1. The normalized spacial score (nSPS) is 28.6. The molecule has 3 nitrogen and oxygen atoms in total. The number of halogens is 1. The first-order valence-corrected chi connectivity index (χ1v) is 7.06. The van der Waals surface area contributed by atoms with Gasteiger partial charge in [-0.25, -0.2) is 0 Å². The van der Waals surface area contributed by atoms with E-state index in [1.165, 1.54) is 37.3 Å². The molecule has 0 unspecified atom stereocenters. The number of fused-ring (bicyclic) bond motifs is 2. The molecule has 3 heterocycles. The highest BCUT2D eigenvalue weighted by Crippen LogP contribution is 2.29. The Kier molecular flexibility index (Phi) is 3.70. The van der Waals surface area contributed by atoms with Gasteiger partial charge in [0.2, 0.25) is 0 Å². The van der Waals surface area contributed by atoms with Crippen molar-refractivity contribution in [2.45, 2.75) is 13.0 Å². The second-order valence-electron chi connectivity index (χ2n) is 5.91. The number of ether oxygens (including phenoxy) is 1. The summed E-state index contributed by atoms with van der Waals surface area (Å²) < 4.78 is 5.56. The monoisotopic (exact) mass is 280 g/mol. The first-order valence-electron chi connectivity index (χ1n) is 7.06. The van der Waals surface area contributed by atoms with Crippen LogP contribution in [0.15, 0.2) is 18.2 Å². The molecule has 0 aromatic heterocycles. The summed E-state index contributed by atoms with van der Waals surface area (Å²) in [6.45, 7) is 6.95. The Bertz CT molecular complexity index is 453. The van der Waals surface area contributed by atoms with Gasteiger partial charge in [-0.2, -0.15) is 0 Å². The first-order chi connectivity index (χ1) is 8.88. The van der Waals surface area contributed by atoms with Crippen molar-refractivity contribution in [3.63, 3.8) is 0 Å². The third-order valence-electron chi connectivity index (χ3n) is 4.63. The van der Waals surface area contributed by atoms with Crippen LogP contribution in [0, 0.1) is 11.8 Å². The van der Waals surface area contributed by atoms with Crippen LogP contribution in [0.5, 0.6) is 5.75 Å². The zero-order chi connectivity index (χ0) is 11.9. The third-order valence-corrected chi connectivity index (χ3v) is 4.63. The molecule has 0 amide bonds. The fourth-order valence-electron chi connectivity index (χ4n) is 3.68. The van der Waals surface area contributed by atoms with Crippen molar-refractivity contribution in [3.8, 4) is 5.75 Å². The SMILES string of the molecule is Cl.c1cc2c(cc1CN1C[C@H]3CNC[C@H]3C1)CCO2. The molecule has 3 aliphatic rings.